The molecule has 1 aromatic carbocycles. The Morgan fingerprint density at radius 1 is 1.27 bits per heavy atom. The first kappa shape index (κ1) is 20.1. The molecule has 1 saturated heterocycles. The quantitative estimate of drug-likeness (QED) is 0.854. The van der Waals surface area contributed by atoms with Crippen molar-refractivity contribution >= 4 is 12.1 Å². The Labute approximate surface area is 155 Å². The van der Waals surface area contributed by atoms with E-state index in [-0.39, 0.29) is 19.1 Å². The van der Waals surface area contributed by atoms with Gasteiger partial charge in [0.2, 0.25) is 0 Å². The summed E-state index contributed by atoms with van der Waals surface area (Å²) < 4.78 is 11.2. The van der Waals surface area contributed by atoms with Crippen LogP contribution in [0.15, 0.2) is 24.3 Å². The lowest BCUT2D eigenvalue weighted by Gasteiger charge is -2.26. The van der Waals surface area contributed by atoms with E-state index in [1.54, 1.807) is 20.8 Å². The van der Waals surface area contributed by atoms with Gasteiger partial charge in [-0.3, -0.25) is 4.90 Å². The minimum absolute atomic E-state index is 0.193. The highest BCUT2D eigenvalue weighted by Crippen LogP contribution is 2.27. The molecule has 1 heterocycles. The van der Waals surface area contributed by atoms with Gasteiger partial charge in [-0.2, -0.15) is 0 Å². The van der Waals surface area contributed by atoms with Gasteiger partial charge in [-0.1, -0.05) is 26.0 Å². The zero-order chi connectivity index (χ0) is 19.5. The van der Waals surface area contributed by atoms with Gasteiger partial charge >= 0.3 is 12.1 Å². The number of carboxylic acid groups (broad SMARTS) is 1. The Kier molecular flexibility index (Phi) is 6.16. The molecule has 0 bridgehead atoms. The van der Waals surface area contributed by atoms with Crippen LogP contribution in [0.1, 0.15) is 58.9 Å². The van der Waals surface area contributed by atoms with Crippen LogP contribution < -0.4 is 4.74 Å². The molecule has 0 spiro atoms. The van der Waals surface area contributed by atoms with Gasteiger partial charge in [-0.15, -0.1) is 0 Å². The van der Waals surface area contributed by atoms with Gasteiger partial charge in [-0.05, 0) is 50.8 Å². The molecule has 2 rings (SSSR count). The Hall–Kier alpha value is -2.24. The number of carbonyl (C=O) groups excluding carboxylic acids is 1. The van der Waals surface area contributed by atoms with Crippen LogP contribution in [0.3, 0.4) is 0 Å². The van der Waals surface area contributed by atoms with Crippen LogP contribution in [-0.4, -0.2) is 46.4 Å². The van der Waals surface area contributed by atoms with Crippen LogP contribution in [0.25, 0.3) is 0 Å². The summed E-state index contributed by atoms with van der Waals surface area (Å²) in [5, 5.41) is 9.43. The van der Waals surface area contributed by atoms with Crippen molar-refractivity contribution in [1.82, 2.24) is 4.90 Å². The zero-order valence-electron chi connectivity index (χ0n) is 16.2. The summed E-state index contributed by atoms with van der Waals surface area (Å²) in [4.78, 5) is 25.1. The Bertz CT molecular complexity index is 635. The van der Waals surface area contributed by atoms with Crippen LogP contribution in [-0.2, 0) is 9.53 Å². The number of benzene rings is 1. The highest BCUT2D eigenvalue weighted by molar-refractivity contribution is 5.81. The number of amides is 1. The predicted molar refractivity (Wildman–Crippen MR) is 98.5 cm³/mol. The number of rotatable bonds is 5. The van der Waals surface area contributed by atoms with E-state index in [1.165, 1.54) is 10.5 Å². The van der Waals surface area contributed by atoms with Crippen LogP contribution in [0.2, 0.25) is 0 Å². The second kappa shape index (κ2) is 7.98. The molecule has 6 nitrogen and oxygen atoms in total. The third kappa shape index (κ3) is 5.13. The molecular weight excluding hydrogens is 334 g/mol. The molecule has 1 N–H and O–H groups in total. The van der Waals surface area contributed by atoms with Crippen LogP contribution in [0.5, 0.6) is 5.75 Å². The van der Waals surface area contributed by atoms with E-state index in [0.717, 1.165) is 6.42 Å². The molecule has 1 amide bonds. The van der Waals surface area contributed by atoms with Gasteiger partial charge in [0.05, 0.1) is 6.54 Å². The largest absolute Gasteiger partial charge is 0.488 e. The van der Waals surface area contributed by atoms with Gasteiger partial charge < -0.3 is 14.6 Å². The van der Waals surface area contributed by atoms with Crippen molar-refractivity contribution in [2.45, 2.75) is 71.1 Å². The number of hydrogen-bond donors (Lipinski definition) is 1. The van der Waals surface area contributed by atoms with Crippen LogP contribution >= 0.6 is 0 Å². The molecule has 1 unspecified atom stereocenters. The highest BCUT2D eigenvalue weighted by atomic mass is 16.6. The van der Waals surface area contributed by atoms with Crippen molar-refractivity contribution in [3.8, 4) is 5.75 Å². The first-order chi connectivity index (χ1) is 12.1. The molecule has 1 aliphatic heterocycles. The third-order valence-electron chi connectivity index (χ3n) is 4.54. The Balaban J connectivity index is 2.05. The molecule has 1 aliphatic rings. The SMILES string of the molecule is CCC(C)c1ccc(O[C@@H]2C[C@H](C(=O)O)N(C(=O)OC(C)(C)C)C2)cc1. The van der Waals surface area contributed by atoms with Gasteiger partial charge in [0, 0.05) is 6.42 Å². The lowest BCUT2D eigenvalue weighted by Crippen LogP contribution is -2.43. The molecule has 26 heavy (non-hydrogen) atoms. The molecule has 6 heteroatoms. The summed E-state index contributed by atoms with van der Waals surface area (Å²) in [7, 11) is 0. The van der Waals surface area contributed by atoms with Crippen LogP contribution in [0, 0.1) is 0 Å². The monoisotopic (exact) mass is 363 g/mol. The summed E-state index contributed by atoms with van der Waals surface area (Å²) in [5.74, 6) is 0.112. The lowest BCUT2D eigenvalue weighted by atomic mass is 9.99. The number of nitrogens with zero attached hydrogens (tertiary/aromatic N) is 1. The molecule has 144 valence electrons. The molecule has 1 fully saturated rings. The number of carbonyl (C=O) groups is 2. The summed E-state index contributed by atoms with van der Waals surface area (Å²) in [6.07, 6.45) is 0.302. The summed E-state index contributed by atoms with van der Waals surface area (Å²) in [6, 6.07) is 6.91. The van der Waals surface area contributed by atoms with Crippen molar-refractivity contribution in [3.05, 3.63) is 29.8 Å². The highest BCUT2D eigenvalue weighted by Gasteiger charge is 2.42. The second-order valence-electron chi connectivity index (χ2n) is 7.84. The number of carboxylic acids is 1. The average Bonchev–Trinajstić information content (AvgIpc) is 2.97. The molecule has 1 aromatic rings. The van der Waals surface area contributed by atoms with Crippen molar-refractivity contribution in [2.75, 3.05) is 6.54 Å². The number of likely N-dealkylation sites (tertiary alicyclic amines) is 1. The molecular formula is C20H29NO5. The van der Waals surface area contributed by atoms with Crippen molar-refractivity contribution in [3.63, 3.8) is 0 Å². The van der Waals surface area contributed by atoms with Crippen LogP contribution in [0.4, 0.5) is 4.79 Å². The van der Waals surface area contributed by atoms with E-state index in [1.807, 2.05) is 24.3 Å². The van der Waals surface area contributed by atoms with E-state index in [9.17, 15) is 14.7 Å². The second-order valence-corrected chi connectivity index (χ2v) is 7.84. The fraction of sp³-hybridized carbons (Fsp3) is 0.600. The summed E-state index contributed by atoms with van der Waals surface area (Å²) in [5.41, 5.74) is 0.565. The van der Waals surface area contributed by atoms with Gasteiger partial charge in [0.25, 0.3) is 0 Å². The molecule has 0 aliphatic carbocycles. The minimum atomic E-state index is -1.05. The first-order valence-corrected chi connectivity index (χ1v) is 9.09. The molecule has 3 atom stereocenters. The van der Waals surface area contributed by atoms with Gasteiger partial charge in [0.15, 0.2) is 0 Å². The Morgan fingerprint density at radius 2 is 1.88 bits per heavy atom. The van der Waals surface area contributed by atoms with E-state index < -0.39 is 23.7 Å². The maximum absolute atomic E-state index is 12.3. The third-order valence-corrected chi connectivity index (χ3v) is 4.54. The number of ether oxygens (including phenoxy) is 2. The average molecular weight is 363 g/mol. The van der Waals surface area contributed by atoms with E-state index in [2.05, 4.69) is 13.8 Å². The fourth-order valence-electron chi connectivity index (χ4n) is 2.94. The van der Waals surface area contributed by atoms with E-state index in [4.69, 9.17) is 9.47 Å². The normalized spacial score (nSPS) is 21.3. The lowest BCUT2D eigenvalue weighted by molar-refractivity contribution is -0.142. The van der Waals surface area contributed by atoms with Crippen molar-refractivity contribution in [1.29, 1.82) is 0 Å². The predicted octanol–water partition coefficient (Wildman–Crippen LogP) is 4.04. The van der Waals surface area contributed by atoms with E-state index in [0.29, 0.717) is 11.7 Å². The fourth-order valence-corrected chi connectivity index (χ4v) is 2.94. The smallest absolute Gasteiger partial charge is 0.411 e. The zero-order valence-corrected chi connectivity index (χ0v) is 16.2. The van der Waals surface area contributed by atoms with Crippen molar-refractivity contribution < 1.29 is 24.2 Å². The standard InChI is InChI=1S/C20H29NO5/c1-6-13(2)14-7-9-15(10-8-14)25-16-11-17(18(22)23)21(12-16)19(24)26-20(3,4)5/h7-10,13,16-17H,6,11-12H2,1-5H3,(H,22,23)/t13?,16-,17-/m1/s1. The maximum atomic E-state index is 12.3. The molecule has 0 aromatic heterocycles. The molecule has 0 radical (unpaired) electrons. The number of aliphatic carboxylic acids is 1. The number of hydrogen-bond acceptors (Lipinski definition) is 4. The maximum Gasteiger partial charge on any atom is 0.411 e. The topological polar surface area (TPSA) is 76.1 Å². The Morgan fingerprint density at radius 3 is 2.38 bits per heavy atom. The van der Waals surface area contributed by atoms with Crippen molar-refractivity contribution in [2.24, 2.45) is 0 Å². The first-order valence-electron chi connectivity index (χ1n) is 9.09. The van der Waals surface area contributed by atoms with Gasteiger partial charge in [-0.25, -0.2) is 9.59 Å². The summed E-state index contributed by atoms with van der Waals surface area (Å²) >= 11 is 0. The summed E-state index contributed by atoms with van der Waals surface area (Å²) in [6.45, 7) is 9.77. The minimum Gasteiger partial charge on any atom is -0.488 e. The molecule has 0 saturated carbocycles. The van der Waals surface area contributed by atoms with Gasteiger partial charge in [0.1, 0.15) is 23.5 Å². The van der Waals surface area contributed by atoms with E-state index >= 15 is 0 Å².